The predicted octanol–water partition coefficient (Wildman–Crippen LogP) is 3.66. The number of nitrogens with one attached hydrogen (secondary N) is 1. The van der Waals surface area contributed by atoms with Gasteiger partial charge in [0.25, 0.3) is 5.91 Å². The second-order valence-corrected chi connectivity index (χ2v) is 10.2. The maximum Gasteiger partial charge on any atom is 0.418 e. The van der Waals surface area contributed by atoms with E-state index in [4.69, 9.17) is 5.73 Å². The van der Waals surface area contributed by atoms with Crippen LogP contribution in [0.3, 0.4) is 0 Å². The van der Waals surface area contributed by atoms with Gasteiger partial charge >= 0.3 is 6.18 Å². The Hall–Kier alpha value is -3.91. The van der Waals surface area contributed by atoms with Crippen molar-refractivity contribution < 1.29 is 35.9 Å². The molecule has 5 rings (SSSR count). The molecule has 2 aliphatic rings. The fraction of sp³-hybridized carbons (Fsp3) is 0.480. The van der Waals surface area contributed by atoms with Gasteiger partial charge in [-0.1, -0.05) is 0 Å². The minimum Gasteiger partial charge on any atom is -0.382 e. The second kappa shape index (κ2) is 9.93. The summed E-state index contributed by atoms with van der Waals surface area (Å²) in [6.45, 7) is 0.580. The first-order valence-corrected chi connectivity index (χ1v) is 12.5. The molecule has 1 saturated carbocycles. The normalized spacial score (nSPS) is 22.7. The molecule has 40 heavy (non-hydrogen) atoms. The van der Waals surface area contributed by atoms with Crippen molar-refractivity contribution in [2.24, 2.45) is 11.8 Å². The van der Waals surface area contributed by atoms with Gasteiger partial charge in [0.15, 0.2) is 5.82 Å². The van der Waals surface area contributed by atoms with Crippen molar-refractivity contribution >= 4 is 23.1 Å². The van der Waals surface area contributed by atoms with Crippen molar-refractivity contribution in [1.29, 1.82) is 0 Å². The molecule has 0 bridgehead atoms. The maximum absolute atomic E-state index is 13.8. The van der Waals surface area contributed by atoms with Crippen LogP contribution in [0.5, 0.6) is 0 Å². The summed E-state index contributed by atoms with van der Waals surface area (Å²) in [6, 6.07) is 1.37. The van der Waals surface area contributed by atoms with Gasteiger partial charge in [-0.25, -0.2) is 18.3 Å². The van der Waals surface area contributed by atoms with E-state index >= 15 is 0 Å². The number of carbonyl (C=O) groups is 2. The Balaban J connectivity index is 1.40. The summed E-state index contributed by atoms with van der Waals surface area (Å²) in [4.78, 5) is 35.2. The number of nitrogens with two attached hydrogens (primary N) is 1. The lowest BCUT2D eigenvalue weighted by molar-refractivity contribution is -0.136. The molecule has 2 amide bonds. The van der Waals surface area contributed by atoms with Crippen molar-refractivity contribution in [3.63, 3.8) is 0 Å². The van der Waals surface area contributed by atoms with E-state index in [1.165, 1.54) is 24.1 Å². The van der Waals surface area contributed by atoms with E-state index in [1.807, 2.05) is 0 Å². The molecular weight excluding hydrogens is 544 g/mol. The van der Waals surface area contributed by atoms with Crippen LogP contribution in [0.15, 0.2) is 24.7 Å². The molecule has 2 fully saturated rings. The molecule has 1 unspecified atom stereocenters. The lowest BCUT2D eigenvalue weighted by Gasteiger charge is -2.21. The van der Waals surface area contributed by atoms with Crippen molar-refractivity contribution in [1.82, 2.24) is 29.8 Å². The number of aryl methyl sites for hydroxylation is 1. The number of amides is 2. The molecule has 3 aromatic heterocycles. The fourth-order valence-electron chi connectivity index (χ4n) is 5.43. The highest BCUT2D eigenvalue weighted by Gasteiger charge is 2.46. The predicted molar refractivity (Wildman–Crippen MR) is 130 cm³/mol. The van der Waals surface area contributed by atoms with Gasteiger partial charge in [0, 0.05) is 49.5 Å². The Bertz CT molecular complexity index is 1470. The van der Waals surface area contributed by atoms with E-state index in [0.717, 1.165) is 16.9 Å². The zero-order chi connectivity index (χ0) is 29.0. The van der Waals surface area contributed by atoms with Crippen LogP contribution in [-0.2, 0) is 11.0 Å². The van der Waals surface area contributed by atoms with Gasteiger partial charge in [-0.3, -0.25) is 19.0 Å². The molecule has 0 aromatic carbocycles. The topological polar surface area (TPSA) is 119 Å². The van der Waals surface area contributed by atoms with Crippen LogP contribution in [0.4, 0.5) is 32.2 Å². The highest BCUT2D eigenvalue weighted by atomic mass is 19.4. The van der Waals surface area contributed by atoms with E-state index in [2.05, 4.69) is 20.4 Å². The van der Waals surface area contributed by atoms with E-state index in [0.29, 0.717) is 0 Å². The standard InChI is InChI=1S/C25H25F6N7O2/c1-12-16(4-14(8-33-12)19-5-17(25(29,30)31)20-21(32)34-11-35-38(19)20)22(39)36-18-10-37(9-15(18)7-26)23(40)13-2-3-24(27,28)6-13/h4-5,8,11,13,15,18H,2-3,6-7,9-10H2,1H3,(H,36,39)(H2,32,34,35)/t13?,15-,18+/m0/s1. The Morgan fingerprint density at radius 2 is 1.95 bits per heavy atom. The summed E-state index contributed by atoms with van der Waals surface area (Å²) in [5.74, 6) is -6.08. The number of carbonyl (C=O) groups excluding carboxylic acids is 2. The molecule has 9 nitrogen and oxygen atoms in total. The van der Waals surface area contributed by atoms with Gasteiger partial charge in [0.2, 0.25) is 11.8 Å². The Labute approximate surface area is 223 Å². The van der Waals surface area contributed by atoms with Crippen molar-refractivity contribution in [2.75, 3.05) is 25.5 Å². The van der Waals surface area contributed by atoms with Crippen LogP contribution in [0.1, 0.15) is 40.9 Å². The van der Waals surface area contributed by atoms with Gasteiger partial charge in [0.1, 0.15) is 11.8 Å². The largest absolute Gasteiger partial charge is 0.418 e. The highest BCUT2D eigenvalue weighted by molar-refractivity contribution is 5.96. The van der Waals surface area contributed by atoms with E-state index in [1.54, 1.807) is 0 Å². The minimum atomic E-state index is -4.76. The molecule has 1 aliphatic carbocycles. The number of nitrogens with zero attached hydrogens (tertiary/aromatic N) is 5. The van der Waals surface area contributed by atoms with Crippen molar-refractivity contribution in [2.45, 2.75) is 44.3 Å². The number of rotatable bonds is 5. The van der Waals surface area contributed by atoms with Crippen LogP contribution < -0.4 is 11.1 Å². The summed E-state index contributed by atoms with van der Waals surface area (Å²) in [7, 11) is 0. The van der Waals surface area contributed by atoms with Gasteiger partial charge in [-0.2, -0.15) is 18.3 Å². The van der Waals surface area contributed by atoms with Crippen molar-refractivity contribution in [3.8, 4) is 11.3 Å². The number of aromatic nitrogens is 4. The average molecular weight is 570 g/mol. The molecule has 3 N–H and O–H groups in total. The van der Waals surface area contributed by atoms with Crippen LogP contribution in [-0.4, -0.2) is 68.0 Å². The third-order valence-corrected chi connectivity index (χ3v) is 7.54. The van der Waals surface area contributed by atoms with E-state index < -0.39 is 66.0 Å². The number of nitrogen functional groups attached to an aromatic ring is 1. The summed E-state index contributed by atoms with van der Waals surface area (Å²) in [6.07, 6.45) is -3.38. The number of fused-ring (bicyclic) bond motifs is 1. The molecule has 0 radical (unpaired) electrons. The van der Waals surface area contributed by atoms with Crippen LogP contribution in [0, 0.1) is 18.8 Å². The molecule has 3 atom stereocenters. The molecule has 15 heteroatoms. The zero-order valence-electron chi connectivity index (χ0n) is 21.2. The van der Waals surface area contributed by atoms with Gasteiger partial charge < -0.3 is 16.0 Å². The molecule has 4 heterocycles. The zero-order valence-corrected chi connectivity index (χ0v) is 21.2. The SMILES string of the molecule is Cc1ncc(-c2cc(C(F)(F)F)c3c(N)ncnn23)cc1C(=O)N[C@@H]1CN(C(=O)C2CCC(F)(F)C2)C[C@@H]1CF. The third-order valence-electron chi connectivity index (χ3n) is 7.54. The maximum atomic E-state index is 13.8. The molecule has 0 spiro atoms. The number of pyridine rings is 1. The first-order valence-electron chi connectivity index (χ1n) is 12.5. The number of hydrogen-bond donors (Lipinski definition) is 2. The molecular formula is C25H25F6N7O2. The third kappa shape index (κ3) is 5.04. The number of anilines is 1. The average Bonchev–Trinajstić information content (AvgIpc) is 3.59. The lowest BCUT2D eigenvalue weighted by Crippen LogP contribution is -2.42. The fourth-order valence-corrected chi connectivity index (χ4v) is 5.43. The highest BCUT2D eigenvalue weighted by Crippen LogP contribution is 2.41. The minimum absolute atomic E-state index is 0.0147. The summed E-state index contributed by atoms with van der Waals surface area (Å²) in [5, 5.41) is 6.58. The van der Waals surface area contributed by atoms with Crippen LogP contribution >= 0.6 is 0 Å². The van der Waals surface area contributed by atoms with Crippen molar-refractivity contribution in [3.05, 3.63) is 41.5 Å². The van der Waals surface area contributed by atoms with E-state index in [-0.39, 0.29) is 54.3 Å². The monoisotopic (exact) mass is 569 g/mol. The first-order chi connectivity index (χ1) is 18.8. The molecule has 3 aromatic rings. The quantitative estimate of drug-likeness (QED) is 0.453. The van der Waals surface area contributed by atoms with Gasteiger partial charge in [0.05, 0.1) is 35.2 Å². The molecule has 1 aliphatic heterocycles. The number of likely N-dealkylation sites (tertiary alicyclic amines) is 1. The van der Waals surface area contributed by atoms with Gasteiger partial charge in [-0.15, -0.1) is 0 Å². The Kier molecular flexibility index (Phi) is 6.86. The molecule has 214 valence electrons. The number of hydrogen-bond acceptors (Lipinski definition) is 6. The summed E-state index contributed by atoms with van der Waals surface area (Å²) in [5.41, 5.74) is 4.56. The van der Waals surface area contributed by atoms with Crippen LogP contribution in [0.25, 0.3) is 16.8 Å². The Morgan fingerprint density at radius 1 is 1.20 bits per heavy atom. The summed E-state index contributed by atoms with van der Waals surface area (Å²) < 4.78 is 83.2. The van der Waals surface area contributed by atoms with E-state index in [9.17, 15) is 35.9 Å². The first kappa shape index (κ1) is 27.6. The second-order valence-electron chi connectivity index (χ2n) is 10.2. The Morgan fingerprint density at radius 3 is 2.60 bits per heavy atom. The molecule has 1 saturated heterocycles. The number of halogens is 6. The number of alkyl halides is 6. The summed E-state index contributed by atoms with van der Waals surface area (Å²) >= 11 is 0. The van der Waals surface area contributed by atoms with Gasteiger partial charge in [-0.05, 0) is 25.5 Å². The lowest BCUT2D eigenvalue weighted by atomic mass is 10.0. The van der Waals surface area contributed by atoms with Crippen LogP contribution in [0.2, 0.25) is 0 Å². The smallest absolute Gasteiger partial charge is 0.382 e.